The van der Waals surface area contributed by atoms with Gasteiger partial charge in [-0.3, -0.25) is 0 Å². The molecule has 0 rings (SSSR count). The molecule has 0 unspecified atom stereocenters. The summed E-state index contributed by atoms with van der Waals surface area (Å²) < 4.78 is 34.4. The van der Waals surface area contributed by atoms with Crippen LogP contribution in [0.1, 0.15) is 1.43 Å². The Hall–Kier alpha value is 2.27. The first-order valence-electron chi connectivity index (χ1n) is 1.21. The summed E-state index contributed by atoms with van der Waals surface area (Å²) in [4.78, 5) is 8.25. The third-order valence-electron chi connectivity index (χ3n) is 0. The monoisotopic (exact) mass is 358 g/mol. The molecular weight excluding hydrogens is 357 g/mol. The zero-order valence-electron chi connectivity index (χ0n) is 6.21. The van der Waals surface area contributed by atoms with E-state index in [2.05, 4.69) is 0 Å². The van der Waals surface area contributed by atoms with E-state index < -0.39 is 18.7 Å². The third kappa shape index (κ3) is 252. The third-order valence-corrected chi connectivity index (χ3v) is 0. The van der Waals surface area contributed by atoms with Gasteiger partial charge in [-0.15, -0.1) is 0 Å². The first-order valence-corrected chi connectivity index (χ1v) is 3.30. The summed E-state index contributed by atoms with van der Waals surface area (Å²) in [7, 11) is 0. The molecule has 0 spiro atoms. The predicted molar refractivity (Wildman–Crippen MR) is 12.8 cm³/mol. The van der Waals surface area contributed by atoms with E-state index in [1.54, 1.807) is 0 Å². The fourth-order valence-corrected chi connectivity index (χ4v) is 0. The zero-order chi connectivity index (χ0) is 8.08. The van der Waals surface area contributed by atoms with Gasteiger partial charge in [0.25, 0.3) is 0 Å². The van der Waals surface area contributed by atoms with Gasteiger partial charge in [-0.1, -0.05) is 0 Å². The van der Waals surface area contributed by atoms with Crippen molar-refractivity contribution in [3.63, 3.8) is 0 Å². The van der Waals surface area contributed by atoms with Gasteiger partial charge in [0.15, 0.2) is 0 Å². The molecule has 0 fully saturated rings. The molecule has 11 heavy (non-hydrogen) atoms. The summed E-state index contributed by atoms with van der Waals surface area (Å²) in [6.07, 6.45) is 0. The maximum absolute atomic E-state index is 8.59. The molecule has 0 radical (unpaired) electrons. The standard InChI is InChI=1S/Ce.Cr.K.NO3.4O.H/c;;;2-1(3)4;;;;;/q;;+1;-1;;;3*-1. The van der Waals surface area contributed by atoms with E-state index in [1.807, 2.05) is 0 Å². The van der Waals surface area contributed by atoms with E-state index in [0.29, 0.717) is 0 Å². The van der Waals surface area contributed by atoms with Crippen LogP contribution in [0, 0.1) is 57.1 Å². The molecule has 8 nitrogen and oxygen atoms in total. The minimum atomic E-state index is -5.75. The molecule has 0 heterocycles. The molecule has 0 aliphatic heterocycles. The second-order valence-corrected chi connectivity index (χ2v) is 1.91. The van der Waals surface area contributed by atoms with Crippen LogP contribution in [0.5, 0.6) is 0 Å². The molecule has 0 atom stereocenters. The van der Waals surface area contributed by atoms with Crippen LogP contribution in [0.2, 0.25) is 0 Å². The van der Waals surface area contributed by atoms with Crippen molar-refractivity contribution in [3.8, 4) is 0 Å². The van der Waals surface area contributed by atoms with Crippen molar-refractivity contribution in [2.45, 2.75) is 0 Å². The number of rotatable bonds is 0. The van der Waals surface area contributed by atoms with Crippen molar-refractivity contribution in [2.24, 2.45) is 0 Å². The quantitative estimate of drug-likeness (QED) is 0.238. The van der Waals surface area contributed by atoms with Gasteiger partial charge in [0, 0.05) is 41.7 Å². The van der Waals surface area contributed by atoms with Crippen molar-refractivity contribution >= 4 is 0 Å². The summed E-state index contributed by atoms with van der Waals surface area (Å²) in [5.41, 5.74) is 0. The fraction of sp³-hybridized carbons (Fsp3) is 0. The van der Waals surface area contributed by atoms with Crippen molar-refractivity contribution in [1.82, 2.24) is 0 Å². The summed E-state index contributed by atoms with van der Waals surface area (Å²) in [5, 5.41) is 14.8. The Bertz CT molecular complexity index is 166. The average molecular weight is 358 g/mol. The van der Waals surface area contributed by atoms with Crippen molar-refractivity contribution < 1.29 is 129 Å². The van der Waals surface area contributed by atoms with Crippen LogP contribution in [0.25, 0.3) is 0 Å². The van der Waals surface area contributed by atoms with E-state index in [4.69, 9.17) is 31.2 Å². The summed E-state index contributed by atoms with van der Waals surface area (Å²) in [6.45, 7) is 0. The number of hydrogen-bond donors (Lipinski definition) is 0. The van der Waals surface area contributed by atoms with Crippen LogP contribution < -0.4 is 59.7 Å². The normalized spacial score (nSPS) is 7.45. The van der Waals surface area contributed by atoms with Crippen LogP contribution >= 0.6 is 0 Å². The van der Waals surface area contributed by atoms with Crippen LogP contribution in [0.15, 0.2) is 0 Å². The first-order chi connectivity index (χ1) is 3.73. The average Bonchev–Trinajstić information content (AvgIpc) is 1.19. The van der Waals surface area contributed by atoms with E-state index in [1.165, 1.54) is 0 Å². The molecule has 0 saturated carbocycles. The number of hydrogen-bond acceptors (Lipinski definition) is 7. The molecule has 0 bridgehead atoms. The zero-order valence-corrected chi connectivity index (χ0v) is 12.8. The number of nitrogens with zero attached hydrogens (tertiary/aromatic N) is 1. The Morgan fingerprint density at radius 1 is 1.18 bits per heavy atom. The minimum absolute atomic E-state index is 0. The van der Waals surface area contributed by atoms with Gasteiger partial charge in [0.2, 0.25) is 0 Å². The van der Waals surface area contributed by atoms with E-state index >= 15 is 0 Å². The predicted octanol–water partition coefficient (Wildman–Crippen LogP) is -5.74. The Balaban J connectivity index is -0.0000000221. The Morgan fingerprint density at radius 3 is 1.18 bits per heavy atom. The molecule has 0 aliphatic rings. The summed E-state index contributed by atoms with van der Waals surface area (Å²) in [6, 6.07) is 0. The van der Waals surface area contributed by atoms with Gasteiger partial charge in [-0.2, -0.15) is 0 Å². The van der Waals surface area contributed by atoms with Gasteiger partial charge in [0.1, 0.15) is 0 Å². The topological polar surface area (TPSA) is 146 Å². The maximum atomic E-state index is 8.59. The van der Waals surface area contributed by atoms with Gasteiger partial charge < -0.3 is 16.7 Å². The van der Waals surface area contributed by atoms with Crippen molar-refractivity contribution in [2.75, 3.05) is 0 Å². The van der Waals surface area contributed by atoms with Crippen LogP contribution in [0.4, 0.5) is 0 Å². The second kappa shape index (κ2) is 12.3. The molecule has 11 heteroatoms. The van der Waals surface area contributed by atoms with E-state index in [0.717, 1.165) is 0 Å². The van der Waals surface area contributed by atoms with Crippen molar-refractivity contribution in [3.05, 3.63) is 15.3 Å². The SMILES string of the molecule is O=[N+]([O-])[O-].[Ce].[H-].[K+].[O]=[Cr](=[O])([O-])[O-]. The van der Waals surface area contributed by atoms with E-state index in [9.17, 15) is 0 Å². The van der Waals surface area contributed by atoms with Gasteiger partial charge in [0.05, 0.1) is 5.09 Å². The molecule has 0 aromatic heterocycles. The van der Waals surface area contributed by atoms with Crippen LogP contribution in [-0.2, 0) is 21.2 Å². The molecule has 62 valence electrons. The van der Waals surface area contributed by atoms with Gasteiger partial charge in [-0.25, -0.2) is 0 Å². The Kier molecular flexibility index (Phi) is 25.9. The molecular formula is HCeCrKNO7-3. The summed E-state index contributed by atoms with van der Waals surface area (Å²) >= 11 is -5.75. The first kappa shape index (κ1) is 23.2. The van der Waals surface area contributed by atoms with E-state index in [-0.39, 0.29) is 94.6 Å². The molecule has 0 aromatic carbocycles. The van der Waals surface area contributed by atoms with Gasteiger partial charge in [-0.05, 0) is 0 Å². The Labute approximate surface area is 141 Å². The fourth-order valence-electron chi connectivity index (χ4n) is 0. The second-order valence-electron chi connectivity index (χ2n) is 0.632. The molecule has 0 saturated heterocycles. The van der Waals surface area contributed by atoms with Crippen molar-refractivity contribution in [1.29, 1.82) is 0 Å². The van der Waals surface area contributed by atoms with Gasteiger partial charge >= 0.3 is 80.9 Å². The van der Waals surface area contributed by atoms with Crippen LogP contribution in [0.3, 0.4) is 0 Å². The molecule has 0 aromatic rings. The summed E-state index contributed by atoms with van der Waals surface area (Å²) in [5.74, 6) is 0. The molecule has 0 amide bonds. The Morgan fingerprint density at radius 2 is 1.18 bits per heavy atom. The van der Waals surface area contributed by atoms with Crippen LogP contribution in [-0.4, -0.2) is 5.09 Å². The molecule has 0 N–H and O–H groups in total. The molecule has 0 aliphatic carbocycles.